The van der Waals surface area contributed by atoms with Crippen molar-refractivity contribution in [2.45, 2.75) is 33.6 Å². The van der Waals surface area contributed by atoms with Gasteiger partial charge in [-0.2, -0.15) is 0 Å². The second kappa shape index (κ2) is 7.49. The molecule has 0 unspecified atom stereocenters. The Balaban J connectivity index is 0.000000686. The largest absolute Gasteiger partial charge is 0.261 e. The van der Waals surface area contributed by atoms with Crippen molar-refractivity contribution in [2.75, 3.05) is 0 Å². The van der Waals surface area contributed by atoms with E-state index in [2.05, 4.69) is 15.0 Å². The van der Waals surface area contributed by atoms with Crippen molar-refractivity contribution in [2.24, 2.45) is 0 Å². The molecule has 0 bridgehead atoms. The van der Waals surface area contributed by atoms with Crippen LogP contribution in [0.5, 0.6) is 0 Å². The van der Waals surface area contributed by atoms with Gasteiger partial charge in [0.2, 0.25) is 0 Å². The van der Waals surface area contributed by atoms with Gasteiger partial charge in [-0.15, -0.1) is 0 Å². The predicted molar refractivity (Wildman–Crippen MR) is 69.8 cm³/mol. The van der Waals surface area contributed by atoms with Gasteiger partial charge in [0.25, 0.3) is 0 Å². The van der Waals surface area contributed by atoms with E-state index in [-0.39, 0.29) is 0 Å². The van der Waals surface area contributed by atoms with E-state index in [0.29, 0.717) is 0 Å². The average molecular weight is 229 g/mol. The molecule has 0 saturated heterocycles. The number of rotatable bonds is 3. The topological polar surface area (TPSA) is 38.7 Å². The van der Waals surface area contributed by atoms with Crippen LogP contribution in [0, 0.1) is 6.92 Å². The highest BCUT2D eigenvalue weighted by Crippen LogP contribution is 2.03. The van der Waals surface area contributed by atoms with Gasteiger partial charge in [0.05, 0.1) is 0 Å². The number of hydrogen-bond acceptors (Lipinski definition) is 3. The van der Waals surface area contributed by atoms with Gasteiger partial charge in [0.15, 0.2) is 0 Å². The highest BCUT2D eigenvalue weighted by molar-refractivity contribution is 5.10. The van der Waals surface area contributed by atoms with Crippen LogP contribution < -0.4 is 0 Å². The second-order valence-electron chi connectivity index (χ2n) is 3.47. The molecule has 0 aliphatic rings. The van der Waals surface area contributed by atoms with E-state index in [0.717, 1.165) is 29.9 Å². The quantitative estimate of drug-likeness (QED) is 0.812. The number of pyridine rings is 1. The highest BCUT2D eigenvalue weighted by Gasteiger charge is 1.97. The Morgan fingerprint density at radius 3 is 2.35 bits per heavy atom. The molecular formula is C14H19N3. The smallest absolute Gasteiger partial charge is 0.115 e. The molecule has 0 N–H and O–H groups in total. The molecule has 3 heteroatoms. The van der Waals surface area contributed by atoms with Crippen molar-refractivity contribution >= 4 is 0 Å². The summed E-state index contributed by atoms with van der Waals surface area (Å²) in [6.45, 7) is 5.98. The summed E-state index contributed by atoms with van der Waals surface area (Å²) in [7, 11) is 0. The van der Waals surface area contributed by atoms with Gasteiger partial charge in [0.1, 0.15) is 6.33 Å². The summed E-state index contributed by atoms with van der Waals surface area (Å²) in [4.78, 5) is 12.6. The van der Waals surface area contributed by atoms with Gasteiger partial charge < -0.3 is 0 Å². The third kappa shape index (κ3) is 4.72. The van der Waals surface area contributed by atoms with Gasteiger partial charge in [-0.25, -0.2) is 9.97 Å². The summed E-state index contributed by atoms with van der Waals surface area (Å²) in [5.74, 6) is 0. The van der Waals surface area contributed by atoms with Gasteiger partial charge in [-0.05, 0) is 38.0 Å². The minimum absolute atomic E-state index is 0.917. The van der Waals surface area contributed by atoms with Gasteiger partial charge in [0, 0.05) is 23.3 Å². The fourth-order valence-corrected chi connectivity index (χ4v) is 1.45. The van der Waals surface area contributed by atoms with E-state index in [1.807, 2.05) is 51.2 Å². The van der Waals surface area contributed by atoms with Crippen LogP contribution in [0.3, 0.4) is 0 Å². The maximum Gasteiger partial charge on any atom is 0.115 e. The van der Waals surface area contributed by atoms with Gasteiger partial charge in [-0.1, -0.05) is 19.9 Å². The van der Waals surface area contributed by atoms with Crippen molar-refractivity contribution in [3.05, 3.63) is 53.9 Å². The lowest BCUT2D eigenvalue weighted by molar-refractivity contribution is 0.865. The number of hydrogen-bond donors (Lipinski definition) is 0. The number of aryl methyl sites for hydroxylation is 3. The van der Waals surface area contributed by atoms with Crippen LogP contribution in [-0.2, 0) is 12.8 Å². The molecule has 0 aliphatic heterocycles. The SMILES string of the molecule is CC.Cc1cc(CCc2ccccn2)ncn1. The van der Waals surface area contributed by atoms with E-state index < -0.39 is 0 Å². The van der Waals surface area contributed by atoms with E-state index in [1.54, 1.807) is 6.33 Å². The van der Waals surface area contributed by atoms with Gasteiger partial charge in [-0.3, -0.25) is 4.98 Å². The molecule has 0 saturated carbocycles. The molecule has 2 rings (SSSR count). The Morgan fingerprint density at radius 2 is 1.71 bits per heavy atom. The first-order valence-corrected chi connectivity index (χ1v) is 6.02. The predicted octanol–water partition coefficient (Wildman–Crippen LogP) is 2.99. The first kappa shape index (κ1) is 13.3. The van der Waals surface area contributed by atoms with Crippen LogP contribution in [0.2, 0.25) is 0 Å². The van der Waals surface area contributed by atoms with Crippen LogP contribution in [0.4, 0.5) is 0 Å². The lowest BCUT2D eigenvalue weighted by atomic mass is 10.1. The van der Waals surface area contributed by atoms with Crippen molar-refractivity contribution in [3.63, 3.8) is 0 Å². The summed E-state index contributed by atoms with van der Waals surface area (Å²) >= 11 is 0. The summed E-state index contributed by atoms with van der Waals surface area (Å²) in [6, 6.07) is 7.99. The Kier molecular flexibility index (Phi) is 5.86. The maximum absolute atomic E-state index is 4.27. The molecule has 2 aromatic rings. The normalized spacial score (nSPS) is 9.35. The first-order valence-electron chi connectivity index (χ1n) is 6.02. The van der Waals surface area contributed by atoms with Crippen molar-refractivity contribution in [3.8, 4) is 0 Å². The lowest BCUT2D eigenvalue weighted by Crippen LogP contribution is -1.97. The molecule has 90 valence electrons. The van der Waals surface area contributed by atoms with Crippen molar-refractivity contribution in [1.29, 1.82) is 0 Å². The fourth-order valence-electron chi connectivity index (χ4n) is 1.45. The zero-order chi connectivity index (χ0) is 12.5. The van der Waals surface area contributed by atoms with Crippen LogP contribution in [0.1, 0.15) is 30.9 Å². The third-order valence-corrected chi connectivity index (χ3v) is 2.22. The Labute approximate surface area is 103 Å². The molecule has 0 aliphatic carbocycles. The van der Waals surface area contributed by atoms with Gasteiger partial charge >= 0.3 is 0 Å². The minimum Gasteiger partial charge on any atom is -0.261 e. The molecule has 2 heterocycles. The maximum atomic E-state index is 4.27. The standard InChI is InChI=1S/C12H13N3.C2H6/c1-10-8-12(15-9-14-10)6-5-11-4-2-3-7-13-11;1-2/h2-4,7-9H,5-6H2,1H3;1-2H3. The van der Waals surface area contributed by atoms with E-state index in [1.165, 1.54) is 0 Å². The first-order chi connectivity index (χ1) is 8.34. The summed E-state index contributed by atoms with van der Waals surface area (Å²) in [6.07, 6.45) is 5.28. The zero-order valence-electron chi connectivity index (χ0n) is 10.7. The summed E-state index contributed by atoms with van der Waals surface area (Å²) in [5, 5.41) is 0. The third-order valence-electron chi connectivity index (χ3n) is 2.22. The van der Waals surface area contributed by atoms with Crippen LogP contribution >= 0.6 is 0 Å². The molecule has 17 heavy (non-hydrogen) atoms. The molecule has 0 spiro atoms. The van der Waals surface area contributed by atoms with E-state index >= 15 is 0 Å². The Bertz CT molecular complexity index is 426. The molecule has 0 amide bonds. The van der Waals surface area contributed by atoms with Crippen molar-refractivity contribution in [1.82, 2.24) is 15.0 Å². The van der Waals surface area contributed by atoms with Crippen LogP contribution in [0.15, 0.2) is 36.8 Å². The Morgan fingerprint density at radius 1 is 0.941 bits per heavy atom. The summed E-state index contributed by atoms with van der Waals surface area (Å²) in [5.41, 5.74) is 3.20. The molecule has 0 fully saturated rings. The zero-order valence-corrected chi connectivity index (χ0v) is 10.7. The van der Waals surface area contributed by atoms with E-state index in [9.17, 15) is 0 Å². The molecule has 0 aromatic carbocycles. The molecule has 3 nitrogen and oxygen atoms in total. The minimum atomic E-state index is 0.917. The van der Waals surface area contributed by atoms with Crippen LogP contribution in [-0.4, -0.2) is 15.0 Å². The summed E-state index contributed by atoms with van der Waals surface area (Å²) < 4.78 is 0. The van der Waals surface area contributed by atoms with E-state index in [4.69, 9.17) is 0 Å². The van der Waals surface area contributed by atoms with Crippen LogP contribution in [0.25, 0.3) is 0 Å². The average Bonchev–Trinajstić information content (AvgIpc) is 2.40. The molecule has 0 radical (unpaired) electrons. The lowest BCUT2D eigenvalue weighted by Gasteiger charge is -2.00. The monoisotopic (exact) mass is 229 g/mol. The fraction of sp³-hybridized carbons (Fsp3) is 0.357. The molecular weight excluding hydrogens is 210 g/mol. The second-order valence-corrected chi connectivity index (χ2v) is 3.47. The Hall–Kier alpha value is -1.77. The molecule has 2 aromatic heterocycles. The number of nitrogens with zero attached hydrogens (tertiary/aromatic N) is 3. The molecule has 0 atom stereocenters. The number of aromatic nitrogens is 3. The van der Waals surface area contributed by atoms with Crippen molar-refractivity contribution < 1.29 is 0 Å². The highest BCUT2D eigenvalue weighted by atomic mass is 14.8.